The number of unbranched alkanes of at least 4 members (excludes halogenated alkanes) is 26. The van der Waals surface area contributed by atoms with Gasteiger partial charge in [-0.3, -0.25) is 9.59 Å². The zero-order valence-electron chi connectivity index (χ0n) is 28.1. The van der Waals surface area contributed by atoms with E-state index in [0.717, 1.165) is 25.7 Å². The molecule has 0 bridgehead atoms. The van der Waals surface area contributed by atoms with Gasteiger partial charge in [-0.2, -0.15) is 0 Å². The van der Waals surface area contributed by atoms with Gasteiger partial charge in [0.25, 0.3) is 0 Å². The van der Waals surface area contributed by atoms with E-state index < -0.39 is 29.9 Å². The van der Waals surface area contributed by atoms with Crippen molar-refractivity contribution < 1.29 is 24.9 Å². The molecule has 0 fully saturated rings. The lowest BCUT2D eigenvalue weighted by Gasteiger charge is -2.21. The molecule has 0 aromatic heterocycles. The topological polar surface area (TPSA) is 94.8 Å². The smallest absolute Gasteiger partial charge is 0.164 e. The van der Waals surface area contributed by atoms with Crippen LogP contribution >= 0.6 is 0 Å². The maximum Gasteiger partial charge on any atom is 0.164 e. The summed E-state index contributed by atoms with van der Waals surface area (Å²) in [6, 6.07) is 0. The van der Waals surface area contributed by atoms with Crippen LogP contribution < -0.4 is 0 Å². The van der Waals surface area contributed by atoms with Crippen LogP contribution in [0.5, 0.6) is 0 Å². The molecule has 0 aliphatic rings. The van der Waals surface area contributed by atoms with Gasteiger partial charge in [-0.25, -0.2) is 0 Å². The number of carbonyl (C=O) groups excluding carboxylic acids is 2. The van der Waals surface area contributed by atoms with Crippen LogP contribution in [-0.4, -0.2) is 45.2 Å². The lowest BCUT2D eigenvalue weighted by atomic mass is 9.95. The van der Waals surface area contributed by atoms with E-state index >= 15 is 0 Å². The van der Waals surface area contributed by atoms with Gasteiger partial charge in [0.1, 0.15) is 18.3 Å². The molecule has 0 saturated carbocycles. The van der Waals surface area contributed by atoms with Crippen LogP contribution in [0.4, 0.5) is 0 Å². The van der Waals surface area contributed by atoms with Crippen molar-refractivity contribution >= 4 is 11.6 Å². The number of rotatable bonds is 34. The van der Waals surface area contributed by atoms with Crippen LogP contribution in [0.2, 0.25) is 0 Å². The quantitative estimate of drug-likeness (QED) is 0.0643. The lowest BCUT2D eigenvalue weighted by Crippen LogP contribution is -2.45. The molecule has 5 heteroatoms. The molecule has 0 spiro atoms. The highest BCUT2D eigenvalue weighted by atomic mass is 16.4. The molecule has 0 heterocycles. The molecule has 250 valence electrons. The third-order valence-corrected chi connectivity index (χ3v) is 8.86. The van der Waals surface area contributed by atoms with Gasteiger partial charge in [0.2, 0.25) is 0 Å². The normalized spacial score (nSPS) is 13.7. The molecule has 0 aliphatic heterocycles. The summed E-state index contributed by atoms with van der Waals surface area (Å²) in [6.07, 6.45) is 29.6. The van der Waals surface area contributed by atoms with Crippen molar-refractivity contribution in [2.24, 2.45) is 0 Å². The van der Waals surface area contributed by atoms with Crippen LogP contribution in [0.3, 0.4) is 0 Å². The number of aliphatic hydroxyl groups is 3. The summed E-state index contributed by atoms with van der Waals surface area (Å²) in [6.45, 7) is 4.51. The second-order valence-corrected chi connectivity index (χ2v) is 13.0. The van der Waals surface area contributed by atoms with E-state index in [1.54, 1.807) is 0 Å². The van der Waals surface area contributed by atoms with E-state index in [4.69, 9.17) is 0 Å². The van der Waals surface area contributed by atoms with Gasteiger partial charge in [0, 0.05) is 12.8 Å². The summed E-state index contributed by atoms with van der Waals surface area (Å²) in [7, 11) is 0. The Morgan fingerprint density at radius 2 is 0.548 bits per heavy atom. The first-order valence-corrected chi connectivity index (χ1v) is 18.5. The summed E-state index contributed by atoms with van der Waals surface area (Å²) in [4.78, 5) is 24.6. The lowest BCUT2D eigenvalue weighted by molar-refractivity contribution is -0.146. The van der Waals surface area contributed by atoms with E-state index in [0.29, 0.717) is 12.8 Å². The highest BCUT2D eigenvalue weighted by molar-refractivity contribution is 5.87. The minimum absolute atomic E-state index is 0.177. The van der Waals surface area contributed by atoms with Crippen molar-refractivity contribution in [2.75, 3.05) is 0 Å². The summed E-state index contributed by atoms with van der Waals surface area (Å²) in [5, 5.41) is 30.6. The molecule has 5 nitrogen and oxygen atoms in total. The van der Waals surface area contributed by atoms with Crippen LogP contribution in [0.15, 0.2) is 0 Å². The van der Waals surface area contributed by atoms with Crippen molar-refractivity contribution in [1.82, 2.24) is 0 Å². The molecule has 0 aromatic carbocycles. The Kier molecular flexibility index (Phi) is 31.1. The zero-order chi connectivity index (χ0) is 31.1. The molecule has 0 rings (SSSR count). The van der Waals surface area contributed by atoms with Crippen molar-refractivity contribution in [3.8, 4) is 0 Å². The average molecular weight is 597 g/mol. The van der Waals surface area contributed by atoms with Gasteiger partial charge in [-0.15, -0.1) is 0 Å². The second-order valence-electron chi connectivity index (χ2n) is 13.0. The first-order chi connectivity index (χ1) is 20.5. The average Bonchev–Trinajstić information content (AvgIpc) is 2.99. The molecule has 3 unspecified atom stereocenters. The largest absolute Gasteiger partial charge is 0.387 e. The van der Waals surface area contributed by atoms with Gasteiger partial charge < -0.3 is 15.3 Å². The fourth-order valence-electron chi connectivity index (χ4n) is 5.84. The van der Waals surface area contributed by atoms with Crippen LogP contribution in [0, 0.1) is 0 Å². The molecular formula is C37H72O5. The maximum absolute atomic E-state index is 12.3. The Labute approximate surface area is 261 Å². The Morgan fingerprint density at radius 1 is 0.357 bits per heavy atom. The van der Waals surface area contributed by atoms with Crippen molar-refractivity contribution in [2.45, 2.75) is 225 Å². The van der Waals surface area contributed by atoms with Gasteiger partial charge >= 0.3 is 0 Å². The number of aliphatic hydroxyl groups excluding tert-OH is 3. The number of Topliss-reactive ketones (excluding diaryl/α,β-unsaturated/α-hetero) is 2. The standard InChI is InChI=1S/C37H72O5/c1-3-5-7-9-11-13-15-17-18-20-22-24-26-28-30-32-34(39)36(41)37(42)35(40)33(38)31-29-27-25-23-21-19-16-14-12-10-8-6-4-2/h35-37,40-42H,3-32H2,1-2H3. The fourth-order valence-corrected chi connectivity index (χ4v) is 5.84. The highest BCUT2D eigenvalue weighted by Gasteiger charge is 2.33. The van der Waals surface area contributed by atoms with E-state index in [1.165, 1.54) is 141 Å². The predicted molar refractivity (Wildman–Crippen MR) is 178 cm³/mol. The van der Waals surface area contributed by atoms with Crippen molar-refractivity contribution in [3.63, 3.8) is 0 Å². The van der Waals surface area contributed by atoms with Gasteiger partial charge in [-0.05, 0) is 12.8 Å². The minimum Gasteiger partial charge on any atom is -0.387 e. The monoisotopic (exact) mass is 597 g/mol. The number of carbonyl (C=O) groups is 2. The molecular weight excluding hydrogens is 524 g/mol. The Morgan fingerprint density at radius 3 is 0.762 bits per heavy atom. The van der Waals surface area contributed by atoms with Crippen molar-refractivity contribution in [1.29, 1.82) is 0 Å². The van der Waals surface area contributed by atoms with Gasteiger partial charge in [0.05, 0.1) is 0 Å². The molecule has 0 aromatic rings. The van der Waals surface area contributed by atoms with Gasteiger partial charge in [0.15, 0.2) is 11.6 Å². The summed E-state index contributed by atoms with van der Waals surface area (Å²) in [5.74, 6) is -0.964. The molecule has 3 N–H and O–H groups in total. The number of ketones is 2. The third kappa shape index (κ3) is 25.7. The summed E-state index contributed by atoms with van der Waals surface area (Å²) in [5.41, 5.74) is 0. The van der Waals surface area contributed by atoms with Crippen molar-refractivity contribution in [3.05, 3.63) is 0 Å². The number of hydrogen-bond acceptors (Lipinski definition) is 5. The van der Waals surface area contributed by atoms with E-state index in [-0.39, 0.29) is 12.8 Å². The molecule has 3 atom stereocenters. The van der Waals surface area contributed by atoms with Crippen LogP contribution in [0.25, 0.3) is 0 Å². The van der Waals surface area contributed by atoms with Crippen LogP contribution in [0.1, 0.15) is 206 Å². The van der Waals surface area contributed by atoms with E-state index in [2.05, 4.69) is 13.8 Å². The van der Waals surface area contributed by atoms with E-state index in [1.807, 2.05) is 0 Å². The molecule has 42 heavy (non-hydrogen) atoms. The maximum atomic E-state index is 12.3. The Balaban J connectivity index is 3.67. The first kappa shape index (κ1) is 41.2. The second kappa shape index (κ2) is 31.6. The first-order valence-electron chi connectivity index (χ1n) is 18.5. The summed E-state index contributed by atoms with van der Waals surface area (Å²) < 4.78 is 0. The molecule has 0 aliphatic carbocycles. The SMILES string of the molecule is CCCCCCCCCCCCCCCCCC(=O)C(O)C(O)C(O)C(=O)CCCCCCCCCCCCCCC. The third-order valence-electron chi connectivity index (χ3n) is 8.86. The predicted octanol–water partition coefficient (Wildman–Crippen LogP) is 9.95. The van der Waals surface area contributed by atoms with Crippen LogP contribution in [-0.2, 0) is 9.59 Å². The zero-order valence-corrected chi connectivity index (χ0v) is 28.1. The minimum atomic E-state index is -1.73. The Bertz CT molecular complexity index is 593. The fraction of sp³-hybridized carbons (Fsp3) is 0.946. The van der Waals surface area contributed by atoms with E-state index in [9.17, 15) is 24.9 Å². The highest BCUT2D eigenvalue weighted by Crippen LogP contribution is 2.16. The molecule has 0 amide bonds. The Hall–Kier alpha value is -0.780. The molecule has 0 radical (unpaired) electrons. The summed E-state index contributed by atoms with van der Waals surface area (Å²) >= 11 is 0. The molecule has 0 saturated heterocycles. The number of hydrogen-bond donors (Lipinski definition) is 3. The van der Waals surface area contributed by atoms with Gasteiger partial charge in [-0.1, -0.05) is 181 Å².